The molecule has 2 aliphatic carbocycles. The number of carbonyl (C=O) groups is 3. The number of amides is 3. The quantitative estimate of drug-likeness (QED) is 0.424. The molecule has 2 fully saturated rings. The van der Waals surface area contributed by atoms with Crippen LogP contribution in [0.15, 0.2) is 24.3 Å². The summed E-state index contributed by atoms with van der Waals surface area (Å²) in [6.45, 7) is 9.49. The summed E-state index contributed by atoms with van der Waals surface area (Å²) in [7, 11) is 0. The average molecular weight is 532 g/mol. The number of nitrogens with one attached hydrogen (secondary N) is 2. The molecule has 3 amide bonds. The summed E-state index contributed by atoms with van der Waals surface area (Å²) in [5.41, 5.74) is 1.13. The summed E-state index contributed by atoms with van der Waals surface area (Å²) in [5.74, 6) is 0.639. The third-order valence-electron chi connectivity index (χ3n) is 7.24. The third-order valence-corrected chi connectivity index (χ3v) is 7.88. The minimum Gasteiger partial charge on any atom is -0.444 e. The molecule has 0 radical (unpaired) electrons. The zero-order valence-electron chi connectivity index (χ0n) is 23.3. The first-order valence-electron chi connectivity index (χ1n) is 13.7. The van der Waals surface area contributed by atoms with Gasteiger partial charge in [-0.3, -0.25) is 9.59 Å². The molecule has 0 aromatic heterocycles. The van der Waals surface area contributed by atoms with Gasteiger partial charge in [0.05, 0.1) is 0 Å². The molecular formula is C29H45N3O4S. The van der Waals surface area contributed by atoms with Gasteiger partial charge in [-0.15, -0.1) is 0 Å². The van der Waals surface area contributed by atoms with E-state index in [1.165, 1.54) is 6.42 Å². The fourth-order valence-electron chi connectivity index (χ4n) is 5.13. The van der Waals surface area contributed by atoms with E-state index < -0.39 is 23.8 Å². The van der Waals surface area contributed by atoms with Crippen molar-refractivity contribution in [2.24, 2.45) is 5.92 Å². The molecular weight excluding hydrogens is 486 g/mol. The van der Waals surface area contributed by atoms with Crippen molar-refractivity contribution in [1.29, 1.82) is 0 Å². The molecule has 0 bridgehead atoms. The molecule has 2 aliphatic rings. The molecule has 0 saturated heterocycles. The van der Waals surface area contributed by atoms with Crippen LogP contribution in [0, 0.1) is 12.8 Å². The number of alkyl carbamates (subject to hydrolysis) is 1. The maximum Gasteiger partial charge on any atom is 0.408 e. The van der Waals surface area contributed by atoms with Crippen LogP contribution in [0.2, 0.25) is 0 Å². The van der Waals surface area contributed by atoms with Crippen LogP contribution in [-0.2, 0) is 14.3 Å². The highest BCUT2D eigenvalue weighted by Crippen LogP contribution is 2.41. The van der Waals surface area contributed by atoms with Crippen LogP contribution in [0.5, 0.6) is 0 Å². The molecule has 0 heterocycles. The van der Waals surface area contributed by atoms with E-state index in [1.54, 1.807) is 37.4 Å². The number of benzene rings is 1. The molecule has 2 N–H and O–H groups in total. The molecule has 7 nitrogen and oxygen atoms in total. The Morgan fingerprint density at radius 3 is 2.35 bits per heavy atom. The van der Waals surface area contributed by atoms with Gasteiger partial charge in [0, 0.05) is 12.1 Å². The molecule has 0 aliphatic heterocycles. The van der Waals surface area contributed by atoms with Crippen LogP contribution < -0.4 is 10.6 Å². The molecule has 206 valence electrons. The van der Waals surface area contributed by atoms with E-state index >= 15 is 0 Å². The van der Waals surface area contributed by atoms with E-state index in [0.29, 0.717) is 18.1 Å². The van der Waals surface area contributed by atoms with E-state index in [1.807, 2.05) is 37.4 Å². The van der Waals surface area contributed by atoms with Crippen molar-refractivity contribution in [3.8, 4) is 0 Å². The number of rotatable bonds is 10. The number of thioether (sulfide) groups is 1. The smallest absolute Gasteiger partial charge is 0.408 e. The summed E-state index contributed by atoms with van der Waals surface area (Å²) < 4.78 is 5.48. The van der Waals surface area contributed by atoms with Crippen molar-refractivity contribution in [3.05, 3.63) is 35.4 Å². The van der Waals surface area contributed by atoms with Crippen molar-refractivity contribution in [1.82, 2.24) is 15.5 Å². The Kier molecular flexibility index (Phi) is 10.3. The van der Waals surface area contributed by atoms with E-state index in [-0.39, 0.29) is 23.9 Å². The van der Waals surface area contributed by atoms with Crippen LogP contribution in [-0.4, -0.2) is 58.5 Å². The Balaban J connectivity index is 1.96. The van der Waals surface area contributed by atoms with Crippen molar-refractivity contribution >= 4 is 29.7 Å². The first kappa shape index (κ1) is 29.3. The highest BCUT2D eigenvalue weighted by Gasteiger charge is 2.48. The Bertz CT molecular complexity index is 941. The summed E-state index contributed by atoms with van der Waals surface area (Å²) in [5, 5.41) is 6.11. The Morgan fingerprint density at radius 1 is 1.14 bits per heavy atom. The van der Waals surface area contributed by atoms with Crippen LogP contribution in [0.1, 0.15) is 89.8 Å². The zero-order chi connectivity index (χ0) is 27.2. The lowest BCUT2D eigenvalue weighted by atomic mass is 9.93. The van der Waals surface area contributed by atoms with Crippen molar-refractivity contribution in [2.75, 3.05) is 12.0 Å². The van der Waals surface area contributed by atoms with Gasteiger partial charge in [0.15, 0.2) is 0 Å². The summed E-state index contributed by atoms with van der Waals surface area (Å²) in [6, 6.07) is 6.37. The fourth-order valence-corrected chi connectivity index (χ4v) is 5.60. The van der Waals surface area contributed by atoms with E-state index in [9.17, 15) is 14.4 Å². The second-order valence-corrected chi connectivity index (χ2v) is 12.6. The normalized spacial score (nSPS) is 21.5. The molecule has 3 rings (SSSR count). The van der Waals surface area contributed by atoms with Crippen LogP contribution in [0.4, 0.5) is 4.79 Å². The molecule has 4 unspecified atom stereocenters. The van der Waals surface area contributed by atoms with Crippen LogP contribution in [0.25, 0.3) is 0 Å². The fraction of sp³-hybridized carbons (Fsp3) is 0.690. The lowest BCUT2D eigenvalue weighted by Crippen LogP contribution is -2.55. The Morgan fingerprint density at radius 2 is 1.78 bits per heavy atom. The highest BCUT2D eigenvalue weighted by atomic mass is 32.2. The zero-order valence-corrected chi connectivity index (χ0v) is 24.2. The Hall–Kier alpha value is -2.22. The highest BCUT2D eigenvalue weighted by molar-refractivity contribution is 7.98. The van der Waals surface area contributed by atoms with Crippen LogP contribution in [0.3, 0.4) is 0 Å². The lowest BCUT2D eigenvalue weighted by Gasteiger charge is -2.36. The third kappa shape index (κ3) is 8.39. The molecule has 0 spiro atoms. The van der Waals surface area contributed by atoms with Gasteiger partial charge in [0.1, 0.15) is 17.7 Å². The van der Waals surface area contributed by atoms with Crippen molar-refractivity contribution in [3.63, 3.8) is 0 Å². The number of aryl methyl sites for hydroxylation is 1. The number of carbonyl (C=O) groups excluding carboxylic acids is 3. The van der Waals surface area contributed by atoms with Gasteiger partial charge in [-0.05, 0) is 82.4 Å². The first-order chi connectivity index (χ1) is 17.5. The topological polar surface area (TPSA) is 87.7 Å². The van der Waals surface area contributed by atoms with Crippen molar-refractivity contribution in [2.45, 2.75) is 109 Å². The van der Waals surface area contributed by atoms with Gasteiger partial charge < -0.3 is 20.3 Å². The maximum atomic E-state index is 14.3. The second kappa shape index (κ2) is 13.0. The minimum atomic E-state index is -0.774. The van der Waals surface area contributed by atoms with Crippen LogP contribution >= 0.6 is 11.8 Å². The molecule has 2 saturated carbocycles. The predicted octanol–water partition coefficient (Wildman–Crippen LogP) is 5.37. The van der Waals surface area contributed by atoms with Crippen molar-refractivity contribution < 1.29 is 19.1 Å². The summed E-state index contributed by atoms with van der Waals surface area (Å²) in [6.07, 6.45) is 8.02. The molecule has 8 heteroatoms. The molecule has 1 aromatic carbocycles. The summed E-state index contributed by atoms with van der Waals surface area (Å²) in [4.78, 5) is 42.7. The minimum absolute atomic E-state index is 0.0496. The number of hydrogen-bond acceptors (Lipinski definition) is 5. The van der Waals surface area contributed by atoms with Gasteiger partial charge in [-0.25, -0.2) is 4.79 Å². The van der Waals surface area contributed by atoms with Gasteiger partial charge in [0.2, 0.25) is 11.8 Å². The number of nitrogens with zero attached hydrogens (tertiary/aromatic N) is 1. The van der Waals surface area contributed by atoms with Gasteiger partial charge in [0.25, 0.3) is 0 Å². The lowest BCUT2D eigenvalue weighted by molar-refractivity contribution is -0.143. The van der Waals surface area contributed by atoms with Gasteiger partial charge in [-0.2, -0.15) is 11.8 Å². The Labute approximate surface area is 226 Å². The molecule has 4 atom stereocenters. The first-order valence-corrected chi connectivity index (χ1v) is 15.1. The number of ether oxygens (including phenoxy) is 1. The number of hydrogen-bond donors (Lipinski definition) is 2. The standard InChI is InChI=1S/C29H45N3O4S/c1-19-12-10-11-15-22(19)25(26(33)30-21-13-8-7-9-14-21)32(24-18-20(24)2)27(34)23(16-17-37-6)31-28(35)36-29(3,4)5/h10-12,15,20-21,23-25H,7-9,13-14,16-18H2,1-6H3,(H,30,33)(H,31,35). The second-order valence-electron chi connectivity index (χ2n) is 11.6. The summed E-state index contributed by atoms with van der Waals surface area (Å²) >= 11 is 1.62. The molecule has 37 heavy (non-hydrogen) atoms. The average Bonchev–Trinajstić information content (AvgIpc) is 3.55. The van der Waals surface area contributed by atoms with E-state index in [0.717, 1.165) is 43.2 Å². The van der Waals surface area contributed by atoms with Gasteiger partial charge >= 0.3 is 6.09 Å². The van der Waals surface area contributed by atoms with E-state index in [2.05, 4.69) is 17.6 Å². The predicted molar refractivity (Wildman–Crippen MR) is 150 cm³/mol. The molecule has 1 aromatic rings. The van der Waals surface area contributed by atoms with E-state index in [4.69, 9.17) is 4.74 Å². The maximum absolute atomic E-state index is 14.3. The SMILES string of the molecule is CSCCC(NC(=O)OC(C)(C)C)C(=O)N(C(C(=O)NC1CCCCC1)c1ccccc1C)C1CC1C. The monoisotopic (exact) mass is 531 g/mol. The largest absolute Gasteiger partial charge is 0.444 e. The van der Waals surface area contributed by atoms with Gasteiger partial charge in [-0.1, -0.05) is 50.5 Å².